The maximum atomic E-state index is 12.0. The molecule has 0 atom stereocenters. The maximum absolute atomic E-state index is 12.0. The van der Waals surface area contributed by atoms with Crippen molar-refractivity contribution >= 4 is 22.7 Å². The van der Waals surface area contributed by atoms with Crippen molar-refractivity contribution in [1.82, 2.24) is 9.55 Å². The third-order valence-electron chi connectivity index (χ3n) is 2.57. The summed E-state index contributed by atoms with van der Waals surface area (Å²) in [5.41, 5.74) is -1.21. The fraction of sp³-hybridized carbons (Fsp3) is 0.167. The summed E-state index contributed by atoms with van der Waals surface area (Å²) in [5, 5.41) is 10.1. The van der Waals surface area contributed by atoms with Crippen LogP contribution in [-0.2, 0) is 0 Å². The van der Waals surface area contributed by atoms with E-state index in [4.69, 9.17) is 0 Å². The summed E-state index contributed by atoms with van der Waals surface area (Å²) >= 11 is 0. The number of pyridine rings is 2. The van der Waals surface area contributed by atoms with E-state index in [2.05, 4.69) is 4.98 Å². The van der Waals surface area contributed by atoms with Crippen molar-refractivity contribution < 1.29 is 14.7 Å². The van der Waals surface area contributed by atoms with Crippen LogP contribution in [0.2, 0.25) is 0 Å². The Bertz CT molecular complexity index is 731. The monoisotopic (exact) mass is 246 g/mol. The summed E-state index contributed by atoms with van der Waals surface area (Å²) in [6, 6.07) is 3.03. The van der Waals surface area contributed by atoms with Crippen molar-refractivity contribution in [2.24, 2.45) is 0 Å². The molecule has 0 bridgehead atoms. The molecule has 2 rings (SSSR count). The van der Waals surface area contributed by atoms with Crippen LogP contribution >= 0.6 is 0 Å². The van der Waals surface area contributed by atoms with Crippen LogP contribution in [0.25, 0.3) is 11.0 Å². The van der Waals surface area contributed by atoms with E-state index >= 15 is 0 Å². The second-order valence-corrected chi connectivity index (χ2v) is 3.81. The topological polar surface area (TPSA) is 89.3 Å². The van der Waals surface area contributed by atoms with Gasteiger partial charge in [-0.25, -0.2) is 9.55 Å². The first kappa shape index (κ1) is 12.0. The van der Waals surface area contributed by atoms with Gasteiger partial charge in [-0.05, 0) is 19.1 Å². The first-order valence-corrected chi connectivity index (χ1v) is 5.19. The molecule has 0 aliphatic carbocycles. The number of Topliss-reactive ketones (excluding diaryl/α,β-unsaturated/α-hetero) is 1. The summed E-state index contributed by atoms with van der Waals surface area (Å²) in [5.74, 6) is -1.60. The van der Waals surface area contributed by atoms with Crippen LogP contribution < -0.4 is 5.56 Å². The Morgan fingerprint density at radius 1 is 1.33 bits per heavy atom. The molecule has 0 aromatic carbocycles. The molecule has 0 saturated heterocycles. The van der Waals surface area contributed by atoms with E-state index in [0.29, 0.717) is 0 Å². The zero-order chi connectivity index (χ0) is 13.4. The number of fused-ring (bicyclic) bond motifs is 1. The maximum Gasteiger partial charge on any atom is 0.273 e. The molecular formula is C12H10N2O4. The van der Waals surface area contributed by atoms with Gasteiger partial charge in [-0.2, -0.15) is 0 Å². The molecule has 0 fully saturated rings. The smallest absolute Gasteiger partial charge is 0.273 e. The molecule has 0 aliphatic rings. The Balaban J connectivity index is 3.12. The standard InChI is InChI=1S/C12H10N2O4/c1-6(15)9-10(17)8-4-3-5-13-11(8)14(7(2)16)12(9)18/h3-5,17H,1-2H3. The third-order valence-corrected chi connectivity index (χ3v) is 2.57. The van der Waals surface area contributed by atoms with E-state index < -0.39 is 28.6 Å². The lowest BCUT2D eigenvalue weighted by Gasteiger charge is -2.09. The summed E-state index contributed by atoms with van der Waals surface area (Å²) in [6.45, 7) is 2.35. The highest BCUT2D eigenvalue weighted by atomic mass is 16.3. The third kappa shape index (κ3) is 1.58. The number of ketones is 1. The van der Waals surface area contributed by atoms with Crippen molar-refractivity contribution in [3.05, 3.63) is 34.2 Å². The minimum absolute atomic E-state index is 0.0394. The van der Waals surface area contributed by atoms with Crippen LogP contribution in [0.15, 0.2) is 23.1 Å². The van der Waals surface area contributed by atoms with Gasteiger partial charge in [-0.1, -0.05) is 0 Å². The molecule has 0 spiro atoms. The van der Waals surface area contributed by atoms with Gasteiger partial charge < -0.3 is 5.11 Å². The molecule has 0 unspecified atom stereocenters. The largest absolute Gasteiger partial charge is 0.506 e. The minimum Gasteiger partial charge on any atom is -0.506 e. The average molecular weight is 246 g/mol. The lowest BCUT2D eigenvalue weighted by molar-refractivity contribution is 0.0936. The molecular weight excluding hydrogens is 236 g/mol. The quantitative estimate of drug-likeness (QED) is 0.757. The molecule has 0 saturated carbocycles. The molecule has 1 N–H and O–H groups in total. The van der Waals surface area contributed by atoms with Gasteiger partial charge in [0, 0.05) is 13.1 Å². The first-order valence-electron chi connectivity index (χ1n) is 5.19. The normalized spacial score (nSPS) is 10.6. The van der Waals surface area contributed by atoms with Crippen LogP contribution in [0, 0.1) is 0 Å². The first-order chi connectivity index (χ1) is 8.45. The Kier molecular flexibility index (Phi) is 2.70. The van der Waals surface area contributed by atoms with Gasteiger partial charge in [0.25, 0.3) is 5.56 Å². The van der Waals surface area contributed by atoms with Crippen LogP contribution in [0.4, 0.5) is 0 Å². The molecule has 0 aliphatic heterocycles. The van der Waals surface area contributed by atoms with E-state index in [9.17, 15) is 19.5 Å². The Morgan fingerprint density at radius 3 is 2.56 bits per heavy atom. The molecule has 0 radical (unpaired) electrons. The van der Waals surface area contributed by atoms with Gasteiger partial charge >= 0.3 is 0 Å². The number of nitrogens with zero attached hydrogens (tertiary/aromatic N) is 2. The second-order valence-electron chi connectivity index (χ2n) is 3.81. The van der Waals surface area contributed by atoms with E-state index in [1.54, 1.807) is 6.07 Å². The van der Waals surface area contributed by atoms with E-state index in [0.717, 1.165) is 11.5 Å². The molecule has 18 heavy (non-hydrogen) atoms. The molecule has 2 aromatic rings. The Hall–Kier alpha value is -2.50. The highest BCUT2D eigenvalue weighted by Gasteiger charge is 2.21. The predicted octanol–water partition coefficient (Wildman–Crippen LogP) is 0.965. The molecule has 0 amide bonds. The highest BCUT2D eigenvalue weighted by molar-refractivity contribution is 6.03. The van der Waals surface area contributed by atoms with E-state index in [1.807, 2.05) is 0 Å². The van der Waals surface area contributed by atoms with E-state index in [-0.39, 0.29) is 11.0 Å². The number of hydrogen-bond donors (Lipinski definition) is 1. The zero-order valence-electron chi connectivity index (χ0n) is 9.80. The number of rotatable bonds is 1. The van der Waals surface area contributed by atoms with Gasteiger partial charge in [-0.3, -0.25) is 14.4 Å². The Labute approximate surface area is 102 Å². The minimum atomic E-state index is -0.848. The SMILES string of the molecule is CC(=O)c1c(O)c2cccnc2n(C(C)=O)c1=O. The number of carbonyl (C=O) groups is 2. The predicted molar refractivity (Wildman–Crippen MR) is 64.0 cm³/mol. The summed E-state index contributed by atoms with van der Waals surface area (Å²) in [4.78, 5) is 38.8. The average Bonchev–Trinajstić information content (AvgIpc) is 2.28. The fourth-order valence-electron chi connectivity index (χ4n) is 1.81. The fourth-order valence-corrected chi connectivity index (χ4v) is 1.81. The number of aromatic nitrogens is 2. The molecule has 6 heteroatoms. The second kappa shape index (κ2) is 4.06. The molecule has 2 heterocycles. The van der Waals surface area contributed by atoms with Crippen molar-refractivity contribution in [3.63, 3.8) is 0 Å². The number of carbonyl (C=O) groups excluding carboxylic acids is 2. The Morgan fingerprint density at radius 2 is 2.00 bits per heavy atom. The molecule has 92 valence electrons. The van der Waals surface area contributed by atoms with Gasteiger partial charge in [0.15, 0.2) is 11.4 Å². The molecule has 2 aromatic heterocycles. The number of hydrogen-bond acceptors (Lipinski definition) is 5. The highest BCUT2D eigenvalue weighted by Crippen LogP contribution is 2.24. The van der Waals surface area contributed by atoms with Crippen LogP contribution in [0.5, 0.6) is 5.75 Å². The van der Waals surface area contributed by atoms with Crippen molar-refractivity contribution in [3.8, 4) is 5.75 Å². The lowest BCUT2D eigenvalue weighted by atomic mass is 10.1. The van der Waals surface area contributed by atoms with Crippen molar-refractivity contribution in [2.75, 3.05) is 0 Å². The van der Waals surface area contributed by atoms with Crippen LogP contribution in [0.1, 0.15) is 29.0 Å². The summed E-state index contributed by atoms with van der Waals surface area (Å²) in [7, 11) is 0. The molecule has 6 nitrogen and oxygen atoms in total. The van der Waals surface area contributed by atoms with Gasteiger partial charge in [-0.15, -0.1) is 0 Å². The van der Waals surface area contributed by atoms with Crippen molar-refractivity contribution in [1.29, 1.82) is 0 Å². The van der Waals surface area contributed by atoms with E-state index in [1.165, 1.54) is 19.2 Å². The zero-order valence-corrected chi connectivity index (χ0v) is 9.80. The van der Waals surface area contributed by atoms with Gasteiger partial charge in [0.05, 0.1) is 5.39 Å². The number of aromatic hydroxyl groups is 1. The summed E-state index contributed by atoms with van der Waals surface area (Å²) in [6.07, 6.45) is 1.40. The van der Waals surface area contributed by atoms with Crippen LogP contribution in [0.3, 0.4) is 0 Å². The summed E-state index contributed by atoms with van der Waals surface area (Å²) < 4.78 is 0.784. The van der Waals surface area contributed by atoms with Crippen LogP contribution in [-0.4, -0.2) is 26.3 Å². The van der Waals surface area contributed by atoms with Gasteiger partial charge in [0.2, 0.25) is 5.91 Å². The lowest BCUT2D eigenvalue weighted by Crippen LogP contribution is -2.30. The van der Waals surface area contributed by atoms with Crippen molar-refractivity contribution in [2.45, 2.75) is 13.8 Å². The van der Waals surface area contributed by atoms with Gasteiger partial charge in [0.1, 0.15) is 11.3 Å².